The average molecular weight is 791 g/mol. The predicted molar refractivity (Wildman–Crippen MR) is 209 cm³/mol. The third-order valence-electron chi connectivity index (χ3n) is 10.7. The largest absolute Gasteiger partial charge is 0.497 e. The van der Waals surface area contributed by atoms with Crippen molar-refractivity contribution in [3.05, 3.63) is 67.3 Å². The number of likely N-dealkylation sites (tertiary alicyclic amines) is 1. The van der Waals surface area contributed by atoms with Gasteiger partial charge in [0.2, 0.25) is 11.8 Å². The first-order valence-electron chi connectivity index (χ1n) is 18.7. The Morgan fingerprint density at radius 1 is 1.02 bits per heavy atom. The molecule has 3 fully saturated rings. The van der Waals surface area contributed by atoms with E-state index in [1.165, 1.54) is 22.4 Å². The standard InChI is InChI=1S/C40H50N6O9S/c1-7-26-23-40(26,37(49)44-56(51,52)45-18-12-9-13-19-45)43-35(47)32-21-28(24-46(32)36(48)34(39(2,3)4)42-38(50)54-6)55-33-22-30(25-14-10-8-11-15-25)41-31-20-27(53-5)16-17-29(31)33/h7-8,10-11,14-17,20,22,26,28,32,34H,1,9,12-13,18-19,21,23-24H2,2-6H3,(H,42,50)(H,43,47)(H,44,49)/t26?,28-,32+,34-,40-/m1/s1. The van der Waals surface area contributed by atoms with Crippen molar-refractivity contribution in [3.63, 3.8) is 0 Å². The number of alkyl carbamates (subject to hydrolysis) is 1. The second-order valence-corrected chi connectivity index (χ2v) is 17.2. The number of benzene rings is 2. The van der Waals surface area contributed by atoms with E-state index in [4.69, 9.17) is 19.2 Å². The van der Waals surface area contributed by atoms with Crippen molar-refractivity contribution in [2.24, 2.45) is 11.3 Å². The summed E-state index contributed by atoms with van der Waals surface area (Å²) in [6.07, 6.45) is 2.32. The van der Waals surface area contributed by atoms with Crippen molar-refractivity contribution in [1.82, 2.24) is 29.5 Å². The highest BCUT2D eigenvalue weighted by Gasteiger charge is 2.62. The molecule has 2 aromatic carbocycles. The minimum atomic E-state index is -4.17. The van der Waals surface area contributed by atoms with Crippen molar-refractivity contribution >= 4 is 44.9 Å². The number of aromatic nitrogens is 1. The number of nitrogens with one attached hydrogen (secondary N) is 3. The predicted octanol–water partition coefficient (Wildman–Crippen LogP) is 3.94. The zero-order valence-electron chi connectivity index (χ0n) is 32.4. The smallest absolute Gasteiger partial charge is 0.407 e. The van der Waals surface area contributed by atoms with Crippen LogP contribution in [-0.2, 0) is 29.3 Å². The van der Waals surface area contributed by atoms with Crippen LogP contribution in [0.3, 0.4) is 0 Å². The zero-order valence-corrected chi connectivity index (χ0v) is 33.2. The van der Waals surface area contributed by atoms with Gasteiger partial charge in [0.05, 0.1) is 32.0 Å². The van der Waals surface area contributed by atoms with Gasteiger partial charge in [-0.1, -0.05) is 63.6 Å². The minimum absolute atomic E-state index is 0.00975. The maximum absolute atomic E-state index is 14.5. The first-order chi connectivity index (χ1) is 26.6. The van der Waals surface area contributed by atoms with Crippen LogP contribution in [0.15, 0.2) is 67.3 Å². The van der Waals surface area contributed by atoms with Crippen LogP contribution in [0.1, 0.15) is 52.9 Å². The fourth-order valence-corrected chi connectivity index (χ4v) is 8.70. The van der Waals surface area contributed by atoms with Gasteiger partial charge >= 0.3 is 16.3 Å². The second kappa shape index (κ2) is 16.1. The van der Waals surface area contributed by atoms with Crippen molar-refractivity contribution < 1.29 is 41.8 Å². The normalized spacial score (nSPS) is 23.1. The molecule has 3 aromatic rings. The van der Waals surface area contributed by atoms with Gasteiger partial charge in [-0.15, -0.1) is 6.58 Å². The van der Waals surface area contributed by atoms with E-state index in [-0.39, 0.29) is 32.5 Å². The summed E-state index contributed by atoms with van der Waals surface area (Å²) in [5, 5.41) is 6.12. The summed E-state index contributed by atoms with van der Waals surface area (Å²) in [4.78, 5) is 61.4. The Labute approximate surface area is 327 Å². The Kier molecular flexibility index (Phi) is 11.6. The van der Waals surface area contributed by atoms with Crippen molar-refractivity contribution in [3.8, 4) is 22.8 Å². The molecule has 5 atom stereocenters. The van der Waals surface area contributed by atoms with E-state index < -0.39 is 69.1 Å². The Morgan fingerprint density at radius 2 is 1.73 bits per heavy atom. The molecule has 0 bridgehead atoms. The summed E-state index contributed by atoms with van der Waals surface area (Å²) in [5.74, 6) is -1.62. The Morgan fingerprint density at radius 3 is 2.36 bits per heavy atom. The van der Waals surface area contributed by atoms with Gasteiger partial charge < -0.3 is 29.7 Å². The van der Waals surface area contributed by atoms with Crippen LogP contribution < -0.4 is 24.8 Å². The van der Waals surface area contributed by atoms with Crippen molar-refractivity contribution in [2.75, 3.05) is 33.9 Å². The molecule has 300 valence electrons. The minimum Gasteiger partial charge on any atom is -0.497 e. The summed E-state index contributed by atoms with van der Waals surface area (Å²) < 4.78 is 46.8. The van der Waals surface area contributed by atoms with Gasteiger partial charge in [-0.2, -0.15) is 12.7 Å². The summed E-state index contributed by atoms with van der Waals surface area (Å²) in [5.41, 5.74) is -0.337. The van der Waals surface area contributed by atoms with E-state index in [1.807, 2.05) is 42.5 Å². The molecule has 15 nitrogen and oxygen atoms in total. The number of carbonyl (C=O) groups excluding carboxylic acids is 4. The number of methoxy groups -OCH3 is 2. The molecule has 3 heterocycles. The number of pyridine rings is 1. The molecule has 0 radical (unpaired) electrons. The zero-order chi connectivity index (χ0) is 40.4. The highest BCUT2D eigenvalue weighted by molar-refractivity contribution is 7.87. The van der Waals surface area contributed by atoms with Crippen LogP contribution in [-0.4, -0.2) is 104 Å². The first kappa shape index (κ1) is 40.4. The maximum atomic E-state index is 14.5. The van der Waals surface area contributed by atoms with Gasteiger partial charge in [0, 0.05) is 48.5 Å². The number of hydrogen-bond acceptors (Lipinski definition) is 10. The number of hydrogen-bond donors (Lipinski definition) is 3. The molecule has 2 saturated heterocycles. The Balaban J connectivity index is 1.33. The lowest BCUT2D eigenvalue weighted by Crippen LogP contribution is -2.60. The molecule has 6 rings (SSSR count). The number of amides is 4. The number of piperidine rings is 1. The Bertz CT molecular complexity index is 2100. The van der Waals surface area contributed by atoms with E-state index in [2.05, 4.69) is 21.9 Å². The lowest BCUT2D eigenvalue weighted by molar-refractivity contribution is -0.142. The van der Waals surface area contributed by atoms with E-state index in [0.717, 1.165) is 12.0 Å². The number of ether oxygens (including phenoxy) is 3. The summed E-state index contributed by atoms with van der Waals surface area (Å²) in [6, 6.07) is 14.5. The number of nitrogens with zero attached hydrogens (tertiary/aromatic N) is 3. The molecule has 1 aliphatic carbocycles. The molecular weight excluding hydrogens is 741 g/mol. The second-order valence-electron chi connectivity index (χ2n) is 15.6. The molecule has 16 heteroatoms. The maximum Gasteiger partial charge on any atom is 0.407 e. The SMILES string of the molecule is C=CC1C[C@]1(NC(=O)[C@@H]1C[C@@H](Oc2cc(-c3ccccc3)nc3cc(OC)ccc23)CN1C(=O)[C@@H](NC(=O)OC)C(C)(C)C)C(=O)NS(=O)(=O)N1CCCCC1. The summed E-state index contributed by atoms with van der Waals surface area (Å²) >= 11 is 0. The van der Waals surface area contributed by atoms with Gasteiger partial charge in [-0.3, -0.25) is 14.4 Å². The molecule has 0 spiro atoms. The monoisotopic (exact) mass is 790 g/mol. The summed E-state index contributed by atoms with van der Waals surface area (Å²) in [6.45, 7) is 9.64. The molecule has 1 unspecified atom stereocenters. The molecule has 3 aliphatic rings. The molecule has 4 amide bonds. The van der Waals surface area contributed by atoms with Gasteiger partial charge in [-0.05, 0) is 36.8 Å². The highest BCUT2D eigenvalue weighted by Crippen LogP contribution is 2.45. The van der Waals surface area contributed by atoms with E-state index in [1.54, 1.807) is 40.0 Å². The van der Waals surface area contributed by atoms with Gasteiger partial charge in [0.1, 0.15) is 35.2 Å². The molecular formula is C40H50N6O9S. The van der Waals surface area contributed by atoms with Crippen molar-refractivity contribution in [2.45, 2.75) is 76.6 Å². The topological polar surface area (TPSA) is 186 Å². The van der Waals surface area contributed by atoms with Crippen LogP contribution in [0.25, 0.3) is 22.2 Å². The van der Waals surface area contributed by atoms with E-state index in [9.17, 15) is 27.6 Å². The number of rotatable bonds is 12. The third-order valence-corrected chi connectivity index (χ3v) is 12.2. The quantitative estimate of drug-likeness (QED) is 0.227. The fraction of sp³-hybridized carbons (Fsp3) is 0.475. The number of fused-ring (bicyclic) bond motifs is 1. The molecule has 1 aromatic heterocycles. The van der Waals surface area contributed by atoms with Crippen LogP contribution >= 0.6 is 0 Å². The van der Waals surface area contributed by atoms with E-state index >= 15 is 0 Å². The van der Waals surface area contributed by atoms with Crippen LogP contribution in [0.2, 0.25) is 0 Å². The Hall–Kier alpha value is -5.22. The average Bonchev–Trinajstić information content (AvgIpc) is 3.75. The van der Waals surface area contributed by atoms with Crippen LogP contribution in [0, 0.1) is 11.3 Å². The lowest BCUT2D eigenvalue weighted by atomic mass is 9.85. The van der Waals surface area contributed by atoms with Gasteiger partial charge in [0.25, 0.3) is 5.91 Å². The summed E-state index contributed by atoms with van der Waals surface area (Å²) in [7, 11) is -1.41. The lowest BCUT2D eigenvalue weighted by Gasteiger charge is -2.35. The highest BCUT2D eigenvalue weighted by atomic mass is 32.2. The van der Waals surface area contributed by atoms with Crippen LogP contribution in [0.4, 0.5) is 4.79 Å². The van der Waals surface area contributed by atoms with Crippen LogP contribution in [0.5, 0.6) is 11.5 Å². The molecule has 3 N–H and O–H groups in total. The van der Waals surface area contributed by atoms with Gasteiger partial charge in [-0.25, -0.2) is 14.5 Å². The molecule has 2 aliphatic heterocycles. The third kappa shape index (κ3) is 8.45. The number of carbonyl (C=O) groups is 4. The molecule has 1 saturated carbocycles. The van der Waals surface area contributed by atoms with Gasteiger partial charge in [0.15, 0.2) is 0 Å². The van der Waals surface area contributed by atoms with Crippen molar-refractivity contribution in [1.29, 1.82) is 0 Å². The fourth-order valence-electron chi connectivity index (χ4n) is 7.42. The molecule has 56 heavy (non-hydrogen) atoms. The first-order valence-corrected chi connectivity index (χ1v) is 20.2. The van der Waals surface area contributed by atoms with E-state index in [0.29, 0.717) is 40.9 Å².